The number of hydrogen-bond acceptors (Lipinski definition) is 2. The minimum absolute atomic E-state index is 0.151. The van der Waals surface area contributed by atoms with Crippen molar-refractivity contribution in [1.82, 2.24) is 0 Å². The summed E-state index contributed by atoms with van der Waals surface area (Å²) in [5, 5.41) is 0.848. The van der Waals surface area contributed by atoms with Crippen molar-refractivity contribution in [2.24, 2.45) is 11.7 Å². The maximum atomic E-state index is 6.39. The smallest absolute Gasteiger partial charge is 0.0459 e. The van der Waals surface area contributed by atoms with Gasteiger partial charge in [-0.25, -0.2) is 0 Å². The van der Waals surface area contributed by atoms with E-state index in [4.69, 9.17) is 17.3 Å². The normalized spacial score (nSPS) is 25.4. The molecule has 1 aromatic rings. The highest BCUT2D eigenvalue weighted by Gasteiger charge is 2.23. The van der Waals surface area contributed by atoms with Crippen molar-refractivity contribution in [3.05, 3.63) is 28.8 Å². The SMILES string of the molecule is CC(N)Cc1ccc(N2CCC(C)CC2C)cc1Cl. The fraction of sp³-hybridized carbons (Fsp3) is 0.625. The molecule has 1 aromatic carbocycles. The van der Waals surface area contributed by atoms with Gasteiger partial charge in [0.15, 0.2) is 0 Å². The van der Waals surface area contributed by atoms with Crippen LogP contribution in [0.25, 0.3) is 0 Å². The second kappa shape index (κ2) is 6.15. The summed E-state index contributed by atoms with van der Waals surface area (Å²) < 4.78 is 0. The zero-order valence-corrected chi connectivity index (χ0v) is 13.0. The minimum atomic E-state index is 0.151. The Kier molecular flexibility index (Phi) is 4.75. The van der Waals surface area contributed by atoms with Crippen molar-refractivity contribution in [2.45, 2.75) is 52.1 Å². The largest absolute Gasteiger partial charge is 0.369 e. The molecule has 106 valence electrons. The van der Waals surface area contributed by atoms with E-state index in [2.05, 4.69) is 36.9 Å². The average molecular weight is 281 g/mol. The first-order chi connectivity index (χ1) is 8.97. The van der Waals surface area contributed by atoms with E-state index in [1.54, 1.807) is 0 Å². The van der Waals surface area contributed by atoms with Gasteiger partial charge in [-0.15, -0.1) is 0 Å². The topological polar surface area (TPSA) is 29.3 Å². The number of nitrogens with two attached hydrogens (primary N) is 1. The van der Waals surface area contributed by atoms with Crippen LogP contribution in [0.4, 0.5) is 5.69 Å². The number of halogens is 1. The predicted molar refractivity (Wildman–Crippen MR) is 84.0 cm³/mol. The van der Waals surface area contributed by atoms with Crippen molar-refractivity contribution in [3.63, 3.8) is 0 Å². The van der Waals surface area contributed by atoms with Crippen LogP contribution in [0.5, 0.6) is 0 Å². The first kappa shape index (κ1) is 14.7. The van der Waals surface area contributed by atoms with Gasteiger partial charge in [-0.1, -0.05) is 24.6 Å². The Balaban J connectivity index is 2.15. The van der Waals surface area contributed by atoms with Crippen LogP contribution >= 0.6 is 11.6 Å². The van der Waals surface area contributed by atoms with Crippen LogP contribution in [0.2, 0.25) is 5.02 Å². The fourth-order valence-corrected chi connectivity index (χ4v) is 3.27. The molecule has 2 N–H and O–H groups in total. The van der Waals surface area contributed by atoms with Crippen molar-refractivity contribution in [1.29, 1.82) is 0 Å². The minimum Gasteiger partial charge on any atom is -0.369 e. The standard InChI is InChI=1S/C16H25ClN2/c1-11-6-7-19(13(3)8-11)15-5-4-14(9-12(2)18)16(17)10-15/h4-5,10-13H,6-9,18H2,1-3H3. The number of benzene rings is 1. The van der Waals surface area contributed by atoms with Crippen LogP contribution in [-0.4, -0.2) is 18.6 Å². The quantitative estimate of drug-likeness (QED) is 0.911. The molecule has 0 saturated carbocycles. The summed E-state index contributed by atoms with van der Waals surface area (Å²) in [6, 6.07) is 7.17. The van der Waals surface area contributed by atoms with Crippen molar-refractivity contribution >= 4 is 17.3 Å². The molecule has 0 radical (unpaired) electrons. The summed E-state index contributed by atoms with van der Waals surface area (Å²) in [7, 11) is 0. The summed E-state index contributed by atoms with van der Waals surface area (Å²) in [6.07, 6.45) is 3.37. The Morgan fingerprint density at radius 2 is 2.16 bits per heavy atom. The molecule has 0 amide bonds. The summed E-state index contributed by atoms with van der Waals surface area (Å²) >= 11 is 6.39. The molecule has 2 rings (SSSR count). The molecule has 1 aliphatic heterocycles. The molecule has 0 aromatic heterocycles. The molecule has 1 heterocycles. The molecule has 3 atom stereocenters. The number of nitrogens with zero attached hydrogens (tertiary/aromatic N) is 1. The van der Waals surface area contributed by atoms with Gasteiger partial charge in [0.1, 0.15) is 0 Å². The average Bonchev–Trinajstić information content (AvgIpc) is 2.31. The van der Waals surface area contributed by atoms with E-state index in [1.165, 1.54) is 18.5 Å². The molecule has 0 bridgehead atoms. The van der Waals surface area contributed by atoms with Gasteiger partial charge in [0, 0.05) is 29.3 Å². The Bertz CT molecular complexity index is 431. The molecule has 0 aliphatic carbocycles. The molecule has 1 saturated heterocycles. The highest BCUT2D eigenvalue weighted by molar-refractivity contribution is 6.31. The van der Waals surface area contributed by atoms with Crippen molar-refractivity contribution < 1.29 is 0 Å². The van der Waals surface area contributed by atoms with Crippen molar-refractivity contribution in [2.75, 3.05) is 11.4 Å². The lowest BCUT2D eigenvalue weighted by Gasteiger charge is -2.38. The highest BCUT2D eigenvalue weighted by Crippen LogP contribution is 2.30. The lowest BCUT2D eigenvalue weighted by molar-refractivity contribution is 0.378. The Hall–Kier alpha value is -0.730. The van der Waals surface area contributed by atoms with E-state index < -0.39 is 0 Å². The number of piperidine rings is 1. The van der Waals surface area contributed by atoms with E-state index >= 15 is 0 Å². The third kappa shape index (κ3) is 3.64. The predicted octanol–water partition coefficient (Wildman–Crippen LogP) is 3.85. The molecule has 19 heavy (non-hydrogen) atoms. The Morgan fingerprint density at radius 3 is 2.74 bits per heavy atom. The van der Waals surface area contributed by atoms with E-state index in [1.807, 2.05) is 6.92 Å². The molecule has 1 fully saturated rings. The van der Waals surface area contributed by atoms with Crippen LogP contribution < -0.4 is 10.6 Å². The van der Waals surface area contributed by atoms with Gasteiger partial charge in [0.25, 0.3) is 0 Å². The zero-order chi connectivity index (χ0) is 14.0. The first-order valence-corrected chi connectivity index (χ1v) is 7.65. The third-order valence-electron chi connectivity index (χ3n) is 4.05. The summed E-state index contributed by atoms with van der Waals surface area (Å²) in [5.41, 5.74) is 8.24. The fourth-order valence-electron chi connectivity index (χ4n) is 3.02. The second-order valence-corrected chi connectivity index (χ2v) is 6.54. The zero-order valence-electron chi connectivity index (χ0n) is 12.2. The molecule has 1 aliphatic rings. The van der Waals surface area contributed by atoms with E-state index in [0.29, 0.717) is 6.04 Å². The molecule has 3 heteroatoms. The molecular formula is C16H25ClN2. The van der Waals surface area contributed by atoms with E-state index in [0.717, 1.165) is 29.5 Å². The van der Waals surface area contributed by atoms with Gasteiger partial charge < -0.3 is 10.6 Å². The Labute approximate surface area is 121 Å². The maximum absolute atomic E-state index is 6.39. The summed E-state index contributed by atoms with van der Waals surface area (Å²) in [5.74, 6) is 0.832. The second-order valence-electron chi connectivity index (χ2n) is 6.13. The third-order valence-corrected chi connectivity index (χ3v) is 4.40. The maximum Gasteiger partial charge on any atom is 0.0459 e. The lowest BCUT2D eigenvalue weighted by atomic mass is 9.93. The number of hydrogen-bond donors (Lipinski definition) is 1. The number of anilines is 1. The van der Waals surface area contributed by atoms with Crippen LogP contribution in [-0.2, 0) is 6.42 Å². The monoisotopic (exact) mass is 280 g/mol. The van der Waals surface area contributed by atoms with Gasteiger partial charge in [0.2, 0.25) is 0 Å². The van der Waals surface area contributed by atoms with Gasteiger partial charge >= 0.3 is 0 Å². The summed E-state index contributed by atoms with van der Waals surface area (Å²) in [6.45, 7) is 7.79. The van der Waals surface area contributed by atoms with E-state index in [9.17, 15) is 0 Å². The summed E-state index contributed by atoms with van der Waals surface area (Å²) in [4.78, 5) is 2.47. The Morgan fingerprint density at radius 1 is 1.42 bits per heavy atom. The van der Waals surface area contributed by atoms with Gasteiger partial charge in [-0.05, 0) is 56.7 Å². The van der Waals surface area contributed by atoms with Gasteiger partial charge in [-0.3, -0.25) is 0 Å². The lowest BCUT2D eigenvalue weighted by Crippen LogP contribution is -2.40. The van der Waals surface area contributed by atoms with Gasteiger partial charge in [-0.2, -0.15) is 0 Å². The molecule has 0 spiro atoms. The van der Waals surface area contributed by atoms with Crippen LogP contribution in [0.15, 0.2) is 18.2 Å². The van der Waals surface area contributed by atoms with Crippen molar-refractivity contribution in [3.8, 4) is 0 Å². The first-order valence-electron chi connectivity index (χ1n) is 7.28. The molecule has 2 nitrogen and oxygen atoms in total. The molecule has 3 unspecified atom stereocenters. The van der Waals surface area contributed by atoms with Crippen LogP contribution in [0.3, 0.4) is 0 Å². The highest BCUT2D eigenvalue weighted by atomic mass is 35.5. The number of rotatable bonds is 3. The van der Waals surface area contributed by atoms with Gasteiger partial charge in [0.05, 0.1) is 0 Å². The van der Waals surface area contributed by atoms with E-state index in [-0.39, 0.29) is 6.04 Å². The molecular weight excluding hydrogens is 256 g/mol. The van der Waals surface area contributed by atoms with Crippen LogP contribution in [0.1, 0.15) is 39.2 Å². The van der Waals surface area contributed by atoms with Crippen LogP contribution in [0, 0.1) is 5.92 Å².